The zero-order valence-electron chi connectivity index (χ0n) is 8.93. The molecule has 0 saturated heterocycles. The van der Waals surface area contributed by atoms with Crippen molar-refractivity contribution in [1.29, 1.82) is 0 Å². The molecule has 84 valence electrons. The number of benzene rings is 1. The van der Waals surface area contributed by atoms with E-state index in [0.717, 1.165) is 5.01 Å². The zero-order chi connectivity index (χ0) is 11.5. The van der Waals surface area contributed by atoms with Gasteiger partial charge in [-0.15, -0.1) is 5.10 Å². The Kier molecular flexibility index (Phi) is 2.91. The van der Waals surface area contributed by atoms with Gasteiger partial charge in [-0.25, -0.2) is 0 Å². The average Bonchev–Trinajstić information content (AvgIpc) is 2.67. The van der Waals surface area contributed by atoms with Gasteiger partial charge in [0, 0.05) is 6.07 Å². The van der Waals surface area contributed by atoms with Crippen molar-refractivity contribution in [3.8, 4) is 16.7 Å². The summed E-state index contributed by atoms with van der Waals surface area (Å²) in [5.41, 5.74) is 6.31. The van der Waals surface area contributed by atoms with Crippen LogP contribution >= 0.6 is 11.3 Å². The molecule has 0 radical (unpaired) electrons. The molecule has 0 bridgehead atoms. The van der Waals surface area contributed by atoms with E-state index in [1.165, 1.54) is 11.3 Å². The molecular weight excluding hydrogens is 226 g/mol. The Labute approximate surface area is 96.8 Å². The molecule has 1 aromatic heterocycles. The number of nitrogens with two attached hydrogens (primary N) is 1. The molecule has 2 aromatic rings. The first-order valence-corrected chi connectivity index (χ1v) is 5.42. The number of rotatable bonds is 3. The summed E-state index contributed by atoms with van der Waals surface area (Å²) in [4.78, 5) is 0. The third-order valence-electron chi connectivity index (χ3n) is 1.92. The minimum atomic E-state index is 0.481. The first-order valence-electron chi connectivity index (χ1n) is 4.60. The van der Waals surface area contributed by atoms with Gasteiger partial charge in [-0.1, -0.05) is 16.4 Å². The van der Waals surface area contributed by atoms with Gasteiger partial charge in [-0.05, 0) is 19.1 Å². The molecule has 2 N–H and O–H groups in total. The second-order valence-electron chi connectivity index (χ2n) is 3.09. The van der Waals surface area contributed by atoms with Gasteiger partial charge in [-0.2, -0.15) is 0 Å². The number of nitrogens with zero attached hydrogens (tertiary/aromatic N) is 2. The van der Waals surface area contributed by atoms with Gasteiger partial charge in [-0.3, -0.25) is 0 Å². The number of hydrogen-bond donors (Lipinski definition) is 1. The minimum Gasteiger partial charge on any atom is -0.497 e. The van der Waals surface area contributed by atoms with Gasteiger partial charge in [0.25, 0.3) is 5.19 Å². The molecule has 5 nitrogen and oxygen atoms in total. The van der Waals surface area contributed by atoms with E-state index >= 15 is 0 Å². The van der Waals surface area contributed by atoms with Crippen LogP contribution in [0.1, 0.15) is 5.01 Å². The highest BCUT2D eigenvalue weighted by Gasteiger charge is 2.07. The summed E-state index contributed by atoms with van der Waals surface area (Å²) in [6.45, 7) is 1.86. The zero-order valence-corrected chi connectivity index (χ0v) is 9.75. The molecule has 1 aromatic carbocycles. The van der Waals surface area contributed by atoms with E-state index < -0.39 is 0 Å². The topological polar surface area (TPSA) is 70.3 Å². The van der Waals surface area contributed by atoms with Crippen molar-refractivity contribution in [2.24, 2.45) is 0 Å². The minimum absolute atomic E-state index is 0.481. The lowest BCUT2D eigenvalue weighted by Crippen LogP contribution is -1.93. The van der Waals surface area contributed by atoms with Crippen LogP contribution in [0.5, 0.6) is 16.7 Å². The molecule has 0 aliphatic rings. The van der Waals surface area contributed by atoms with E-state index in [1.807, 2.05) is 6.92 Å². The van der Waals surface area contributed by atoms with Crippen LogP contribution in [0.4, 0.5) is 5.69 Å². The van der Waals surface area contributed by atoms with Crippen molar-refractivity contribution in [2.75, 3.05) is 12.8 Å². The van der Waals surface area contributed by atoms with E-state index in [2.05, 4.69) is 10.2 Å². The van der Waals surface area contributed by atoms with Gasteiger partial charge < -0.3 is 15.2 Å². The van der Waals surface area contributed by atoms with Crippen LogP contribution in [0, 0.1) is 6.92 Å². The quantitative estimate of drug-likeness (QED) is 0.829. The van der Waals surface area contributed by atoms with Crippen LogP contribution in [0.2, 0.25) is 0 Å². The van der Waals surface area contributed by atoms with Crippen molar-refractivity contribution in [3.63, 3.8) is 0 Å². The largest absolute Gasteiger partial charge is 0.497 e. The Morgan fingerprint density at radius 2 is 2.12 bits per heavy atom. The summed E-state index contributed by atoms with van der Waals surface area (Å²) in [5, 5.41) is 9.04. The summed E-state index contributed by atoms with van der Waals surface area (Å²) >= 11 is 1.37. The van der Waals surface area contributed by atoms with Crippen molar-refractivity contribution in [1.82, 2.24) is 10.2 Å². The van der Waals surface area contributed by atoms with E-state index in [4.69, 9.17) is 15.2 Å². The summed E-state index contributed by atoms with van der Waals surface area (Å²) < 4.78 is 10.5. The lowest BCUT2D eigenvalue weighted by molar-refractivity contribution is 0.413. The van der Waals surface area contributed by atoms with Crippen molar-refractivity contribution in [3.05, 3.63) is 23.2 Å². The van der Waals surface area contributed by atoms with Crippen LogP contribution in [0.3, 0.4) is 0 Å². The van der Waals surface area contributed by atoms with Crippen molar-refractivity contribution < 1.29 is 9.47 Å². The first-order chi connectivity index (χ1) is 7.69. The standard InChI is InChI=1S/C10H11N3O2S/c1-6-12-13-10(16-6)15-9-4-3-7(14-2)5-8(9)11/h3-5H,11H2,1-2H3. The van der Waals surface area contributed by atoms with Gasteiger partial charge >= 0.3 is 0 Å². The van der Waals surface area contributed by atoms with Crippen LogP contribution in [0.25, 0.3) is 0 Å². The van der Waals surface area contributed by atoms with E-state index in [0.29, 0.717) is 22.4 Å². The average molecular weight is 237 g/mol. The van der Waals surface area contributed by atoms with Gasteiger partial charge in [0.15, 0.2) is 5.75 Å². The monoisotopic (exact) mass is 237 g/mol. The fourth-order valence-corrected chi connectivity index (χ4v) is 1.71. The summed E-state index contributed by atoms with van der Waals surface area (Å²) in [7, 11) is 1.59. The Hall–Kier alpha value is -1.82. The Morgan fingerprint density at radius 3 is 2.69 bits per heavy atom. The Balaban J connectivity index is 2.21. The third-order valence-corrected chi connectivity index (χ3v) is 2.64. The van der Waals surface area contributed by atoms with Crippen LogP contribution in [-0.2, 0) is 0 Å². The smallest absolute Gasteiger partial charge is 0.299 e. The summed E-state index contributed by atoms with van der Waals surface area (Å²) in [6, 6.07) is 5.22. The number of methoxy groups -OCH3 is 1. The Morgan fingerprint density at radius 1 is 1.31 bits per heavy atom. The SMILES string of the molecule is COc1ccc(Oc2nnc(C)s2)c(N)c1. The maximum atomic E-state index is 5.80. The molecule has 0 unspecified atom stereocenters. The van der Waals surface area contributed by atoms with Crippen LogP contribution in [-0.4, -0.2) is 17.3 Å². The molecule has 0 saturated carbocycles. The third kappa shape index (κ3) is 2.22. The van der Waals surface area contributed by atoms with Crippen LogP contribution < -0.4 is 15.2 Å². The molecule has 0 amide bonds. The highest BCUT2D eigenvalue weighted by molar-refractivity contribution is 7.13. The highest BCUT2D eigenvalue weighted by atomic mass is 32.1. The molecule has 0 atom stereocenters. The molecule has 16 heavy (non-hydrogen) atoms. The predicted molar refractivity (Wildman–Crippen MR) is 62.1 cm³/mol. The molecular formula is C10H11N3O2S. The number of hydrogen-bond acceptors (Lipinski definition) is 6. The molecule has 0 aliphatic carbocycles. The Bertz CT molecular complexity index is 499. The first kappa shape index (κ1) is 10.7. The van der Waals surface area contributed by atoms with E-state index in [1.54, 1.807) is 25.3 Å². The number of nitrogen functional groups attached to an aromatic ring is 1. The molecule has 1 heterocycles. The van der Waals surface area contributed by atoms with E-state index in [9.17, 15) is 0 Å². The highest BCUT2D eigenvalue weighted by Crippen LogP contribution is 2.31. The molecule has 0 aliphatic heterocycles. The van der Waals surface area contributed by atoms with Gasteiger partial charge in [0.1, 0.15) is 10.8 Å². The summed E-state index contributed by atoms with van der Waals surface area (Å²) in [5.74, 6) is 1.25. The van der Waals surface area contributed by atoms with Crippen molar-refractivity contribution in [2.45, 2.75) is 6.92 Å². The van der Waals surface area contributed by atoms with Gasteiger partial charge in [0.05, 0.1) is 12.8 Å². The lowest BCUT2D eigenvalue weighted by atomic mass is 10.3. The molecule has 0 fully saturated rings. The fourth-order valence-electron chi connectivity index (χ4n) is 1.16. The van der Waals surface area contributed by atoms with Crippen molar-refractivity contribution >= 4 is 17.0 Å². The second kappa shape index (κ2) is 4.36. The predicted octanol–water partition coefficient (Wildman–Crippen LogP) is 2.23. The lowest BCUT2D eigenvalue weighted by Gasteiger charge is -2.06. The summed E-state index contributed by atoms with van der Waals surface area (Å²) in [6.07, 6.45) is 0. The number of aryl methyl sites for hydroxylation is 1. The maximum Gasteiger partial charge on any atom is 0.299 e. The number of aromatic nitrogens is 2. The van der Waals surface area contributed by atoms with Gasteiger partial charge in [0.2, 0.25) is 0 Å². The number of ether oxygens (including phenoxy) is 2. The second-order valence-corrected chi connectivity index (χ2v) is 4.24. The maximum absolute atomic E-state index is 5.80. The van der Waals surface area contributed by atoms with E-state index in [-0.39, 0.29) is 0 Å². The number of anilines is 1. The fraction of sp³-hybridized carbons (Fsp3) is 0.200. The normalized spacial score (nSPS) is 10.1. The molecule has 6 heteroatoms. The molecule has 0 spiro atoms. The van der Waals surface area contributed by atoms with Crippen LogP contribution in [0.15, 0.2) is 18.2 Å². The molecule has 2 rings (SSSR count).